The highest BCUT2D eigenvalue weighted by Crippen LogP contribution is 2.27. The van der Waals surface area contributed by atoms with Gasteiger partial charge in [0, 0.05) is 33.5 Å². The predicted octanol–water partition coefficient (Wildman–Crippen LogP) is 0.899. The van der Waals surface area contributed by atoms with Crippen molar-refractivity contribution < 1.29 is 4.74 Å². The number of aryl methyl sites for hydroxylation is 1. The molecule has 3 rings (SSSR count). The van der Waals surface area contributed by atoms with Crippen LogP contribution in [0, 0.1) is 11.3 Å². The number of nitrogens with one attached hydrogen (secondary N) is 1. The summed E-state index contributed by atoms with van der Waals surface area (Å²) < 4.78 is 9.19. The van der Waals surface area contributed by atoms with E-state index in [-0.39, 0.29) is 11.4 Å². The Hall–Kier alpha value is -3.80. The standard InChI is InChI=1S/C19H20N6O3/c1-23-10-9-21-17(23)15(12-5-7-13(28-4)8-6-12)22-16-14(11-20)18(26)25(3)19(27)24(16)2/h5-10,15,22H,1-4H3. The first-order chi connectivity index (χ1) is 13.4. The van der Waals surface area contributed by atoms with Crippen molar-refractivity contribution in [2.45, 2.75) is 6.04 Å². The third-order valence-electron chi connectivity index (χ3n) is 4.62. The highest BCUT2D eigenvalue weighted by molar-refractivity contribution is 5.54. The summed E-state index contributed by atoms with van der Waals surface area (Å²) in [5.74, 6) is 1.49. The molecule has 0 bridgehead atoms. The summed E-state index contributed by atoms with van der Waals surface area (Å²) in [4.78, 5) is 29.2. The molecular formula is C19H20N6O3. The summed E-state index contributed by atoms with van der Waals surface area (Å²) in [6.45, 7) is 0. The number of hydrogen-bond donors (Lipinski definition) is 1. The van der Waals surface area contributed by atoms with Crippen LogP contribution >= 0.6 is 0 Å². The molecule has 3 aromatic rings. The first kappa shape index (κ1) is 19.0. The molecule has 144 valence electrons. The number of hydrogen-bond acceptors (Lipinski definition) is 6. The molecule has 0 aliphatic carbocycles. The smallest absolute Gasteiger partial charge is 0.332 e. The number of anilines is 1. The van der Waals surface area contributed by atoms with Gasteiger partial charge in [0.25, 0.3) is 5.56 Å². The average Bonchev–Trinajstić information content (AvgIpc) is 3.14. The van der Waals surface area contributed by atoms with Crippen molar-refractivity contribution >= 4 is 5.82 Å². The van der Waals surface area contributed by atoms with Crippen LogP contribution in [0.5, 0.6) is 5.75 Å². The molecule has 2 aromatic heterocycles. The predicted molar refractivity (Wildman–Crippen MR) is 103 cm³/mol. The van der Waals surface area contributed by atoms with E-state index in [1.165, 1.54) is 18.7 Å². The molecule has 0 saturated heterocycles. The van der Waals surface area contributed by atoms with Crippen molar-refractivity contribution in [3.63, 3.8) is 0 Å². The lowest BCUT2D eigenvalue weighted by atomic mass is 10.1. The van der Waals surface area contributed by atoms with Gasteiger partial charge in [0.05, 0.1) is 7.11 Å². The Kier molecular flexibility index (Phi) is 5.04. The summed E-state index contributed by atoms with van der Waals surface area (Å²) in [7, 11) is 6.27. The Bertz CT molecular complexity index is 1160. The number of nitriles is 1. The molecule has 0 radical (unpaired) electrons. The monoisotopic (exact) mass is 380 g/mol. The second-order valence-corrected chi connectivity index (χ2v) is 6.29. The minimum atomic E-state index is -0.651. The van der Waals surface area contributed by atoms with Gasteiger partial charge in [-0.15, -0.1) is 0 Å². The van der Waals surface area contributed by atoms with Gasteiger partial charge in [0.15, 0.2) is 5.56 Å². The number of methoxy groups -OCH3 is 1. The Morgan fingerprint density at radius 3 is 2.36 bits per heavy atom. The molecule has 2 heterocycles. The fourth-order valence-corrected chi connectivity index (χ4v) is 3.00. The number of benzene rings is 1. The summed E-state index contributed by atoms with van der Waals surface area (Å²) in [5, 5.41) is 12.7. The Balaban J connectivity index is 2.19. The second kappa shape index (κ2) is 7.44. The molecule has 0 aliphatic rings. The van der Waals surface area contributed by atoms with Crippen LogP contribution in [0.3, 0.4) is 0 Å². The fourth-order valence-electron chi connectivity index (χ4n) is 3.00. The minimum absolute atomic E-state index is 0.138. The molecule has 0 fully saturated rings. The fraction of sp³-hybridized carbons (Fsp3) is 0.263. The van der Waals surface area contributed by atoms with Crippen molar-refractivity contribution in [2.24, 2.45) is 21.1 Å². The van der Waals surface area contributed by atoms with Crippen LogP contribution in [0.1, 0.15) is 23.0 Å². The summed E-state index contributed by atoms with van der Waals surface area (Å²) in [5.41, 5.74) is -0.495. The van der Waals surface area contributed by atoms with Gasteiger partial charge in [-0.25, -0.2) is 9.78 Å². The Labute approximate surface area is 161 Å². The van der Waals surface area contributed by atoms with E-state index in [9.17, 15) is 14.9 Å². The Morgan fingerprint density at radius 2 is 1.82 bits per heavy atom. The van der Waals surface area contributed by atoms with Crippen molar-refractivity contribution in [3.8, 4) is 11.8 Å². The van der Waals surface area contributed by atoms with Crippen LogP contribution in [0.15, 0.2) is 46.2 Å². The molecule has 9 heteroatoms. The lowest BCUT2D eigenvalue weighted by Gasteiger charge is -2.22. The topological polar surface area (TPSA) is 107 Å². The first-order valence-corrected chi connectivity index (χ1v) is 8.46. The molecule has 0 aliphatic heterocycles. The number of rotatable bonds is 5. The van der Waals surface area contributed by atoms with Gasteiger partial charge >= 0.3 is 5.69 Å². The van der Waals surface area contributed by atoms with Gasteiger partial charge in [-0.1, -0.05) is 12.1 Å². The minimum Gasteiger partial charge on any atom is -0.497 e. The van der Waals surface area contributed by atoms with E-state index in [0.29, 0.717) is 11.6 Å². The number of ether oxygens (including phenoxy) is 1. The van der Waals surface area contributed by atoms with Crippen LogP contribution in [-0.2, 0) is 21.1 Å². The zero-order chi connectivity index (χ0) is 20.4. The average molecular weight is 380 g/mol. The molecule has 0 spiro atoms. The van der Waals surface area contributed by atoms with Gasteiger partial charge in [-0.3, -0.25) is 13.9 Å². The van der Waals surface area contributed by atoms with Crippen molar-refractivity contribution in [3.05, 3.63) is 74.4 Å². The van der Waals surface area contributed by atoms with E-state index >= 15 is 0 Å². The number of nitrogens with zero attached hydrogens (tertiary/aromatic N) is 5. The van der Waals surface area contributed by atoms with Crippen LogP contribution < -0.4 is 21.3 Å². The molecular weight excluding hydrogens is 360 g/mol. The van der Waals surface area contributed by atoms with Crippen molar-refractivity contribution in [2.75, 3.05) is 12.4 Å². The number of imidazole rings is 1. The maximum Gasteiger partial charge on any atom is 0.332 e. The van der Waals surface area contributed by atoms with E-state index in [2.05, 4.69) is 10.3 Å². The van der Waals surface area contributed by atoms with Crippen molar-refractivity contribution in [1.29, 1.82) is 5.26 Å². The third-order valence-corrected chi connectivity index (χ3v) is 4.62. The zero-order valence-electron chi connectivity index (χ0n) is 16.0. The molecule has 1 N–H and O–H groups in total. The highest BCUT2D eigenvalue weighted by Gasteiger charge is 2.23. The van der Waals surface area contributed by atoms with Crippen LogP contribution in [0.4, 0.5) is 5.82 Å². The molecule has 9 nitrogen and oxygen atoms in total. The Morgan fingerprint density at radius 1 is 1.14 bits per heavy atom. The van der Waals surface area contributed by atoms with E-state index in [1.54, 1.807) is 31.6 Å². The van der Waals surface area contributed by atoms with Gasteiger partial charge in [-0.05, 0) is 17.7 Å². The molecule has 0 saturated carbocycles. The number of aromatic nitrogens is 4. The lowest BCUT2D eigenvalue weighted by Crippen LogP contribution is -2.40. The van der Waals surface area contributed by atoms with Crippen molar-refractivity contribution in [1.82, 2.24) is 18.7 Å². The summed E-state index contributed by atoms with van der Waals surface area (Å²) in [6.07, 6.45) is 3.45. The van der Waals surface area contributed by atoms with E-state index in [0.717, 1.165) is 10.1 Å². The van der Waals surface area contributed by atoms with Crippen LogP contribution in [-0.4, -0.2) is 25.8 Å². The van der Waals surface area contributed by atoms with Gasteiger partial charge in [0.2, 0.25) is 0 Å². The van der Waals surface area contributed by atoms with Gasteiger partial charge in [0.1, 0.15) is 29.5 Å². The van der Waals surface area contributed by atoms with Gasteiger partial charge < -0.3 is 14.6 Å². The molecule has 0 amide bonds. The van der Waals surface area contributed by atoms with E-state index < -0.39 is 17.3 Å². The van der Waals surface area contributed by atoms with Crippen LogP contribution in [0.2, 0.25) is 0 Å². The third kappa shape index (κ3) is 3.16. The summed E-state index contributed by atoms with van der Waals surface area (Å²) in [6, 6.07) is 8.73. The maximum absolute atomic E-state index is 12.4. The quantitative estimate of drug-likeness (QED) is 0.705. The first-order valence-electron chi connectivity index (χ1n) is 8.46. The van der Waals surface area contributed by atoms with Gasteiger partial charge in [-0.2, -0.15) is 5.26 Å². The SMILES string of the molecule is COc1ccc(C(Nc2c(C#N)c(=O)n(C)c(=O)n2C)c2nccn2C)cc1. The summed E-state index contributed by atoms with van der Waals surface area (Å²) >= 11 is 0. The second-order valence-electron chi connectivity index (χ2n) is 6.29. The molecule has 1 unspecified atom stereocenters. The van der Waals surface area contributed by atoms with E-state index in [1.807, 2.05) is 29.8 Å². The normalized spacial score (nSPS) is 11.7. The highest BCUT2D eigenvalue weighted by atomic mass is 16.5. The molecule has 28 heavy (non-hydrogen) atoms. The zero-order valence-corrected chi connectivity index (χ0v) is 16.0. The van der Waals surface area contributed by atoms with E-state index in [4.69, 9.17) is 4.74 Å². The largest absolute Gasteiger partial charge is 0.497 e. The molecule has 1 atom stereocenters. The molecule has 1 aromatic carbocycles. The maximum atomic E-state index is 12.4. The van der Waals surface area contributed by atoms with Crippen LogP contribution in [0.25, 0.3) is 0 Å². The lowest BCUT2D eigenvalue weighted by molar-refractivity contribution is 0.414.